The van der Waals surface area contributed by atoms with Crippen LogP contribution in [0.25, 0.3) is 5.69 Å². The first-order chi connectivity index (χ1) is 19.8. The second kappa shape index (κ2) is 8.80. The zero-order chi connectivity index (χ0) is 29.7. The van der Waals surface area contributed by atoms with Crippen LogP contribution < -0.4 is 14.8 Å². The van der Waals surface area contributed by atoms with Gasteiger partial charge >= 0.3 is 12.5 Å². The van der Waals surface area contributed by atoms with Gasteiger partial charge in [-0.05, 0) is 81.3 Å². The van der Waals surface area contributed by atoms with Crippen LogP contribution in [0.4, 0.5) is 32.0 Å². The summed E-state index contributed by atoms with van der Waals surface area (Å²) >= 11 is 0. The first-order valence-corrected chi connectivity index (χ1v) is 13.5. The van der Waals surface area contributed by atoms with Crippen molar-refractivity contribution >= 4 is 5.69 Å². The standard InChI is InChI=1S/C29H24F6N4O3/c1-15(16-5-8-21-23(9-16)42-29(34,35)41-21)37-20-10-17(6-7-19(20)30)39-24-18(25(38-39)28(31,32)33)3-2-4-22(24)40-27-11-26(12-27,13-27)14-36/h5-10,15,22,37H,2-4,11-13H2,1H3/t15?,22-,26?,27?/m0/s1. The number of halogens is 6. The molecule has 2 atom stereocenters. The highest BCUT2D eigenvalue weighted by atomic mass is 19.4. The lowest BCUT2D eigenvalue weighted by Crippen LogP contribution is -2.67. The Bertz CT molecular complexity index is 1630. The highest BCUT2D eigenvalue weighted by molar-refractivity contribution is 5.56. The van der Waals surface area contributed by atoms with Crippen LogP contribution in [0.5, 0.6) is 11.5 Å². The molecule has 13 heteroatoms. The van der Waals surface area contributed by atoms with Crippen molar-refractivity contribution in [2.45, 2.75) is 75.7 Å². The van der Waals surface area contributed by atoms with E-state index >= 15 is 0 Å². The van der Waals surface area contributed by atoms with E-state index < -0.39 is 41.7 Å². The van der Waals surface area contributed by atoms with Crippen LogP contribution in [0, 0.1) is 22.6 Å². The molecule has 2 heterocycles. The third kappa shape index (κ3) is 4.26. The number of ether oxygens (including phenoxy) is 3. The summed E-state index contributed by atoms with van der Waals surface area (Å²) in [6.07, 6.45) is -6.33. The largest absolute Gasteiger partial charge is 0.586 e. The van der Waals surface area contributed by atoms with Crippen molar-refractivity contribution in [3.63, 3.8) is 0 Å². The fourth-order valence-electron chi connectivity index (χ4n) is 6.73. The summed E-state index contributed by atoms with van der Waals surface area (Å²) in [5.74, 6) is -0.969. The molecule has 3 fully saturated rings. The Hall–Kier alpha value is -3.92. The summed E-state index contributed by atoms with van der Waals surface area (Å²) in [6, 6.07) is 9.71. The first kappa shape index (κ1) is 26.9. The number of hydrogen-bond acceptors (Lipinski definition) is 6. The van der Waals surface area contributed by atoms with E-state index in [9.17, 15) is 31.6 Å². The quantitative estimate of drug-likeness (QED) is 0.302. The van der Waals surface area contributed by atoms with Crippen molar-refractivity contribution < 1.29 is 40.6 Å². The van der Waals surface area contributed by atoms with E-state index in [1.165, 1.54) is 35.0 Å². The monoisotopic (exact) mass is 590 g/mol. The lowest BCUT2D eigenvalue weighted by atomic mass is 9.42. The van der Waals surface area contributed by atoms with Gasteiger partial charge in [0, 0.05) is 11.6 Å². The predicted octanol–water partition coefficient (Wildman–Crippen LogP) is 7.37. The van der Waals surface area contributed by atoms with Crippen LogP contribution >= 0.6 is 0 Å². The van der Waals surface area contributed by atoms with Crippen molar-refractivity contribution in [1.82, 2.24) is 9.78 Å². The molecule has 0 radical (unpaired) electrons. The van der Waals surface area contributed by atoms with Crippen molar-refractivity contribution in [1.29, 1.82) is 5.26 Å². The van der Waals surface area contributed by atoms with Crippen molar-refractivity contribution in [3.05, 3.63) is 64.7 Å². The molecule has 1 N–H and O–H groups in total. The number of nitrogens with one attached hydrogen (secondary N) is 1. The van der Waals surface area contributed by atoms with Gasteiger partial charge in [-0.2, -0.15) is 23.5 Å². The van der Waals surface area contributed by atoms with E-state index in [0.29, 0.717) is 37.7 Å². The Morgan fingerprint density at radius 1 is 1.12 bits per heavy atom. The molecule has 42 heavy (non-hydrogen) atoms. The van der Waals surface area contributed by atoms with Crippen LogP contribution in [0.2, 0.25) is 0 Å². The van der Waals surface area contributed by atoms with Gasteiger partial charge in [0.15, 0.2) is 17.2 Å². The Kier molecular flexibility index (Phi) is 5.64. The van der Waals surface area contributed by atoms with Gasteiger partial charge in [-0.3, -0.25) is 0 Å². The minimum Gasteiger partial charge on any atom is -0.395 e. The zero-order valence-electron chi connectivity index (χ0n) is 22.2. The number of benzene rings is 2. The summed E-state index contributed by atoms with van der Waals surface area (Å²) in [5.41, 5.74) is -0.895. The van der Waals surface area contributed by atoms with Crippen LogP contribution in [-0.2, 0) is 17.3 Å². The van der Waals surface area contributed by atoms with E-state index in [2.05, 4.69) is 26.0 Å². The molecular weight excluding hydrogens is 566 g/mol. The first-order valence-electron chi connectivity index (χ1n) is 13.5. The number of nitrogens with zero attached hydrogens (tertiary/aromatic N) is 3. The summed E-state index contributed by atoms with van der Waals surface area (Å²) in [5, 5.41) is 16.3. The van der Waals surface area contributed by atoms with Gasteiger partial charge in [-0.25, -0.2) is 9.07 Å². The minimum atomic E-state index is -4.70. The molecule has 0 amide bonds. The molecule has 1 aliphatic heterocycles. The maximum absolute atomic E-state index is 15.0. The van der Waals surface area contributed by atoms with Crippen LogP contribution in [0.3, 0.4) is 0 Å². The van der Waals surface area contributed by atoms with Crippen molar-refractivity contribution in [3.8, 4) is 23.3 Å². The molecule has 2 bridgehead atoms. The number of nitriles is 1. The summed E-state index contributed by atoms with van der Waals surface area (Å²) < 4.78 is 101. The summed E-state index contributed by atoms with van der Waals surface area (Å²) in [6.45, 7) is 1.67. The zero-order valence-corrected chi connectivity index (χ0v) is 22.2. The highest BCUT2D eigenvalue weighted by Crippen LogP contribution is 2.70. The number of fused-ring (bicyclic) bond motifs is 2. The molecule has 4 aliphatic carbocycles. The SMILES string of the molecule is CC(Nc1cc(-n2nc(C(F)(F)F)c3c2[C@@H](OC24CC(C#N)(C2)C4)CCC3)ccc1F)c1ccc2c(c1)OC(F)(F)O2. The van der Waals surface area contributed by atoms with Crippen LogP contribution in [0.1, 0.15) is 73.7 Å². The molecule has 3 aromatic rings. The molecule has 7 nitrogen and oxygen atoms in total. The molecule has 8 rings (SSSR count). The van der Waals surface area contributed by atoms with E-state index in [-0.39, 0.29) is 46.0 Å². The molecule has 5 aliphatic rings. The summed E-state index contributed by atoms with van der Waals surface area (Å²) in [4.78, 5) is 0. The van der Waals surface area contributed by atoms with Gasteiger partial charge in [0.2, 0.25) is 0 Å². The molecular formula is C29H24F6N4O3. The van der Waals surface area contributed by atoms with Gasteiger partial charge < -0.3 is 19.5 Å². The van der Waals surface area contributed by atoms with E-state index in [1.807, 2.05) is 0 Å². The third-order valence-corrected chi connectivity index (χ3v) is 8.59. The van der Waals surface area contributed by atoms with Crippen molar-refractivity contribution in [2.75, 3.05) is 5.32 Å². The molecule has 1 unspecified atom stereocenters. The second-order valence-corrected chi connectivity index (χ2v) is 11.6. The number of anilines is 1. The van der Waals surface area contributed by atoms with Gasteiger partial charge in [0.25, 0.3) is 0 Å². The lowest BCUT2D eigenvalue weighted by molar-refractivity contribution is -0.286. The molecule has 3 saturated carbocycles. The van der Waals surface area contributed by atoms with Gasteiger partial charge in [0.05, 0.1) is 34.2 Å². The number of aromatic nitrogens is 2. The lowest BCUT2D eigenvalue weighted by Gasteiger charge is -2.67. The minimum absolute atomic E-state index is 0.0236. The fourth-order valence-corrected chi connectivity index (χ4v) is 6.73. The Morgan fingerprint density at radius 2 is 1.86 bits per heavy atom. The molecule has 220 valence electrons. The number of alkyl halides is 5. The van der Waals surface area contributed by atoms with Crippen LogP contribution in [-0.4, -0.2) is 21.7 Å². The maximum atomic E-state index is 15.0. The van der Waals surface area contributed by atoms with Crippen molar-refractivity contribution in [2.24, 2.45) is 5.41 Å². The van der Waals surface area contributed by atoms with Gasteiger partial charge in [-0.15, -0.1) is 8.78 Å². The number of hydrogen-bond donors (Lipinski definition) is 1. The summed E-state index contributed by atoms with van der Waals surface area (Å²) in [7, 11) is 0. The van der Waals surface area contributed by atoms with Gasteiger partial charge in [-0.1, -0.05) is 6.07 Å². The molecule has 2 aromatic carbocycles. The van der Waals surface area contributed by atoms with E-state index in [0.717, 1.165) is 6.07 Å². The molecule has 0 spiro atoms. The second-order valence-electron chi connectivity index (χ2n) is 11.6. The molecule has 0 saturated heterocycles. The topological polar surface area (TPSA) is 81.3 Å². The molecule has 1 aromatic heterocycles. The van der Waals surface area contributed by atoms with Gasteiger partial charge in [0.1, 0.15) is 11.9 Å². The predicted molar refractivity (Wildman–Crippen MR) is 135 cm³/mol. The van der Waals surface area contributed by atoms with E-state index in [1.54, 1.807) is 6.92 Å². The Morgan fingerprint density at radius 3 is 2.57 bits per heavy atom. The fraction of sp³-hybridized carbons (Fsp3) is 0.448. The third-order valence-electron chi connectivity index (χ3n) is 8.59. The highest BCUT2D eigenvalue weighted by Gasteiger charge is 2.70. The smallest absolute Gasteiger partial charge is 0.395 e. The Labute approximate surface area is 236 Å². The maximum Gasteiger partial charge on any atom is 0.586 e. The number of rotatable bonds is 6. The Balaban J connectivity index is 1.21. The normalized spacial score (nSPS) is 27.3. The van der Waals surface area contributed by atoms with E-state index in [4.69, 9.17) is 4.74 Å². The average molecular weight is 591 g/mol. The average Bonchev–Trinajstić information content (AvgIpc) is 3.43. The van der Waals surface area contributed by atoms with Crippen LogP contribution in [0.15, 0.2) is 36.4 Å².